The maximum Gasteiger partial charge on any atom is 0.0659 e. The molecule has 0 bridgehead atoms. The minimum Gasteiger partial charge on any atom is -0.279 e. The van der Waals surface area contributed by atoms with Gasteiger partial charge in [0.25, 0.3) is 0 Å². The van der Waals surface area contributed by atoms with Crippen LogP contribution in [0.25, 0.3) is 0 Å². The number of nitrogens with one attached hydrogen (secondary N) is 1. The van der Waals surface area contributed by atoms with Crippen LogP contribution in [0.15, 0.2) is 78.2 Å². The number of aromatic nitrogens is 2. The van der Waals surface area contributed by atoms with Crippen LogP contribution in [0.4, 0.5) is 5.69 Å². The van der Waals surface area contributed by atoms with E-state index in [0.717, 1.165) is 17.8 Å². The van der Waals surface area contributed by atoms with Crippen molar-refractivity contribution in [2.24, 2.45) is 5.10 Å². The Hall–Kier alpha value is -2.88. The van der Waals surface area contributed by atoms with Crippen LogP contribution < -0.4 is 5.43 Å². The normalized spacial score (nSPS) is 10.9. The number of hydrogen-bond acceptors (Lipinski definition) is 3. The van der Waals surface area contributed by atoms with Crippen molar-refractivity contribution in [3.63, 3.8) is 0 Å². The fourth-order valence-corrected chi connectivity index (χ4v) is 2.00. The molecule has 0 radical (unpaired) electrons. The maximum absolute atomic E-state index is 4.33. The predicted molar refractivity (Wildman–Crippen MR) is 85.4 cm³/mol. The van der Waals surface area contributed by atoms with E-state index < -0.39 is 0 Å². The number of rotatable bonds is 5. The van der Waals surface area contributed by atoms with Crippen LogP contribution in [0.2, 0.25) is 0 Å². The van der Waals surface area contributed by atoms with E-state index in [4.69, 9.17) is 0 Å². The van der Waals surface area contributed by atoms with E-state index in [1.165, 1.54) is 5.56 Å². The highest BCUT2D eigenvalue weighted by atomic mass is 15.3. The number of para-hydroxylation sites is 1. The predicted octanol–water partition coefficient (Wildman–Crippen LogP) is 3.38. The van der Waals surface area contributed by atoms with Crippen molar-refractivity contribution in [1.82, 2.24) is 9.78 Å². The van der Waals surface area contributed by atoms with Crippen molar-refractivity contribution in [1.29, 1.82) is 0 Å². The Bertz CT molecular complexity index is 702. The Morgan fingerprint density at radius 1 is 1.00 bits per heavy atom. The molecule has 3 rings (SSSR count). The van der Waals surface area contributed by atoms with E-state index in [2.05, 4.69) is 27.8 Å². The average Bonchev–Trinajstić information content (AvgIpc) is 2.97. The summed E-state index contributed by atoms with van der Waals surface area (Å²) in [4.78, 5) is 0. The second-order valence-corrected chi connectivity index (χ2v) is 4.69. The van der Waals surface area contributed by atoms with Gasteiger partial charge in [-0.15, -0.1) is 0 Å². The van der Waals surface area contributed by atoms with E-state index in [1.807, 2.05) is 59.4 Å². The first-order chi connectivity index (χ1) is 10.4. The van der Waals surface area contributed by atoms with Crippen molar-refractivity contribution in [3.05, 3.63) is 84.2 Å². The molecule has 4 nitrogen and oxygen atoms in total. The lowest BCUT2D eigenvalue weighted by atomic mass is 10.2. The summed E-state index contributed by atoms with van der Waals surface area (Å²) in [5.41, 5.74) is 6.14. The van der Waals surface area contributed by atoms with Gasteiger partial charge in [0, 0.05) is 11.8 Å². The summed E-state index contributed by atoms with van der Waals surface area (Å²) in [5.74, 6) is 0. The molecule has 2 aromatic carbocycles. The number of hydrogen-bond donors (Lipinski definition) is 1. The molecule has 1 N–H and O–H groups in total. The van der Waals surface area contributed by atoms with Gasteiger partial charge in [0.05, 0.1) is 24.6 Å². The second kappa shape index (κ2) is 6.52. The maximum atomic E-state index is 4.33. The first-order valence-corrected chi connectivity index (χ1v) is 6.81. The van der Waals surface area contributed by atoms with Crippen LogP contribution in [-0.2, 0) is 6.54 Å². The Morgan fingerprint density at radius 2 is 1.71 bits per heavy atom. The third kappa shape index (κ3) is 3.79. The third-order valence-electron chi connectivity index (χ3n) is 3.02. The van der Waals surface area contributed by atoms with Gasteiger partial charge in [-0.2, -0.15) is 10.2 Å². The Kier molecular flexibility index (Phi) is 4.07. The molecule has 0 saturated heterocycles. The third-order valence-corrected chi connectivity index (χ3v) is 3.02. The molecule has 0 atom stereocenters. The average molecular weight is 276 g/mol. The van der Waals surface area contributed by atoms with E-state index in [1.54, 1.807) is 12.4 Å². The van der Waals surface area contributed by atoms with Gasteiger partial charge < -0.3 is 0 Å². The summed E-state index contributed by atoms with van der Waals surface area (Å²) >= 11 is 0. The van der Waals surface area contributed by atoms with Crippen LogP contribution in [0, 0.1) is 0 Å². The van der Waals surface area contributed by atoms with Crippen molar-refractivity contribution in [2.45, 2.75) is 6.54 Å². The van der Waals surface area contributed by atoms with Crippen LogP contribution in [0.1, 0.15) is 11.1 Å². The fraction of sp³-hybridized carbons (Fsp3) is 0.0588. The Balaban J connectivity index is 1.60. The van der Waals surface area contributed by atoms with E-state index in [0.29, 0.717) is 0 Å². The first kappa shape index (κ1) is 13.1. The summed E-state index contributed by atoms with van der Waals surface area (Å²) in [6, 6.07) is 20.1. The molecule has 0 aliphatic heterocycles. The lowest BCUT2D eigenvalue weighted by Gasteiger charge is -2.00. The Labute approximate surface area is 123 Å². The largest absolute Gasteiger partial charge is 0.279 e. The molecule has 0 aliphatic rings. The summed E-state index contributed by atoms with van der Waals surface area (Å²) < 4.78 is 1.90. The zero-order chi connectivity index (χ0) is 14.3. The van der Waals surface area contributed by atoms with E-state index in [9.17, 15) is 0 Å². The van der Waals surface area contributed by atoms with Gasteiger partial charge in [0.15, 0.2) is 0 Å². The summed E-state index contributed by atoms with van der Waals surface area (Å²) in [7, 11) is 0. The van der Waals surface area contributed by atoms with Crippen LogP contribution >= 0.6 is 0 Å². The Morgan fingerprint density at radius 3 is 2.48 bits per heavy atom. The topological polar surface area (TPSA) is 42.2 Å². The second-order valence-electron chi connectivity index (χ2n) is 4.69. The van der Waals surface area contributed by atoms with E-state index >= 15 is 0 Å². The number of anilines is 1. The smallest absolute Gasteiger partial charge is 0.0659 e. The SMILES string of the molecule is C(=N\Nc1ccccc1)/c1cnn(Cc2ccccc2)c1. The number of hydrazone groups is 1. The van der Waals surface area contributed by atoms with Crippen LogP contribution in [0.5, 0.6) is 0 Å². The molecule has 0 spiro atoms. The van der Waals surface area contributed by atoms with Gasteiger partial charge in [-0.05, 0) is 17.7 Å². The van der Waals surface area contributed by atoms with Crippen molar-refractivity contribution >= 4 is 11.9 Å². The molecule has 0 unspecified atom stereocenters. The van der Waals surface area contributed by atoms with Gasteiger partial charge in [-0.3, -0.25) is 10.1 Å². The molecule has 4 heteroatoms. The van der Waals surface area contributed by atoms with Crippen LogP contribution in [-0.4, -0.2) is 16.0 Å². The van der Waals surface area contributed by atoms with Gasteiger partial charge in [0.2, 0.25) is 0 Å². The summed E-state index contributed by atoms with van der Waals surface area (Å²) in [6.45, 7) is 0.765. The van der Waals surface area contributed by atoms with E-state index in [-0.39, 0.29) is 0 Å². The highest BCUT2D eigenvalue weighted by Crippen LogP contribution is 2.05. The highest BCUT2D eigenvalue weighted by Gasteiger charge is 1.97. The molecule has 0 saturated carbocycles. The highest BCUT2D eigenvalue weighted by molar-refractivity contribution is 5.79. The standard InChI is InChI=1S/C17H16N4/c1-3-7-15(8-4-1)13-21-14-16(12-19-21)11-18-20-17-9-5-2-6-10-17/h1-12,14,20H,13H2/b18-11+. The first-order valence-electron chi connectivity index (χ1n) is 6.81. The number of benzene rings is 2. The minimum atomic E-state index is 0.765. The zero-order valence-electron chi connectivity index (χ0n) is 11.6. The van der Waals surface area contributed by atoms with Gasteiger partial charge in [-0.25, -0.2) is 0 Å². The molecule has 1 aromatic heterocycles. The molecular formula is C17H16N4. The zero-order valence-corrected chi connectivity index (χ0v) is 11.6. The molecule has 0 amide bonds. The van der Waals surface area contributed by atoms with Crippen molar-refractivity contribution < 1.29 is 0 Å². The minimum absolute atomic E-state index is 0.765. The van der Waals surface area contributed by atoms with Gasteiger partial charge >= 0.3 is 0 Å². The monoisotopic (exact) mass is 276 g/mol. The summed E-state index contributed by atoms with van der Waals surface area (Å²) in [5, 5.41) is 8.54. The number of nitrogens with zero attached hydrogens (tertiary/aromatic N) is 3. The molecule has 1 heterocycles. The molecular weight excluding hydrogens is 260 g/mol. The van der Waals surface area contributed by atoms with Crippen LogP contribution in [0.3, 0.4) is 0 Å². The van der Waals surface area contributed by atoms with Crippen molar-refractivity contribution in [2.75, 3.05) is 5.43 Å². The molecule has 0 fully saturated rings. The van der Waals surface area contributed by atoms with Crippen molar-refractivity contribution in [3.8, 4) is 0 Å². The molecule has 0 aliphatic carbocycles. The lowest BCUT2D eigenvalue weighted by molar-refractivity contribution is 0.687. The lowest BCUT2D eigenvalue weighted by Crippen LogP contribution is -1.99. The quantitative estimate of drug-likeness (QED) is 0.573. The fourth-order valence-electron chi connectivity index (χ4n) is 2.00. The van der Waals surface area contributed by atoms with Gasteiger partial charge in [0.1, 0.15) is 0 Å². The summed E-state index contributed by atoms with van der Waals surface area (Å²) in [6.07, 6.45) is 5.55. The molecule has 21 heavy (non-hydrogen) atoms. The molecule has 104 valence electrons. The van der Waals surface area contributed by atoms with Gasteiger partial charge in [-0.1, -0.05) is 48.5 Å². The molecule has 3 aromatic rings.